The number of piperidine rings is 1. The van der Waals surface area contributed by atoms with E-state index in [0.717, 1.165) is 6.42 Å². The fraction of sp³-hybridized carbons (Fsp3) is 0.667. The largest absolute Gasteiger partial charge is 0.353 e. The summed E-state index contributed by atoms with van der Waals surface area (Å²) in [5.74, 6) is 0.790. The van der Waals surface area contributed by atoms with E-state index < -0.39 is 0 Å². The van der Waals surface area contributed by atoms with Gasteiger partial charge in [0.2, 0.25) is 5.91 Å². The van der Waals surface area contributed by atoms with Crippen molar-refractivity contribution in [1.82, 2.24) is 10.6 Å². The summed E-state index contributed by atoms with van der Waals surface area (Å²) in [7, 11) is 0. The van der Waals surface area contributed by atoms with Crippen LogP contribution in [0.25, 0.3) is 0 Å². The molecule has 1 aromatic carbocycles. The molecule has 2 aliphatic rings. The average Bonchev–Trinajstić information content (AvgIpc) is 2.92. The number of hydrogen-bond donors (Lipinski definition) is 2. The SMILES string of the molecule is CCC(NC(=O)CC1CC2CCC(C1)N2)C(C)(C)c1ccccc1.Cl. The Bertz CT molecular complexity index is 548. The summed E-state index contributed by atoms with van der Waals surface area (Å²) in [6.07, 6.45) is 6.57. The summed E-state index contributed by atoms with van der Waals surface area (Å²) in [4.78, 5) is 12.7. The van der Waals surface area contributed by atoms with E-state index >= 15 is 0 Å². The van der Waals surface area contributed by atoms with Crippen LogP contribution in [0.1, 0.15) is 64.9 Å². The number of benzene rings is 1. The molecule has 3 nitrogen and oxygen atoms in total. The Labute approximate surface area is 158 Å². The van der Waals surface area contributed by atoms with Crippen LogP contribution in [-0.4, -0.2) is 24.0 Å². The maximum atomic E-state index is 12.7. The average molecular weight is 365 g/mol. The highest BCUT2D eigenvalue weighted by atomic mass is 35.5. The van der Waals surface area contributed by atoms with E-state index in [0.29, 0.717) is 24.4 Å². The third kappa shape index (κ3) is 4.77. The van der Waals surface area contributed by atoms with Crippen LogP contribution in [-0.2, 0) is 10.2 Å². The van der Waals surface area contributed by atoms with Gasteiger partial charge in [0, 0.05) is 30.0 Å². The van der Waals surface area contributed by atoms with Gasteiger partial charge < -0.3 is 10.6 Å². The number of amides is 1. The maximum absolute atomic E-state index is 12.7. The lowest BCUT2D eigenvalue weighted by atomic mass is 9.76. The molecular weight excluding hydrogens is 332 g/mol. The number of nitrogens with one attached hydrogen (secondary N) is 2. The molecule has 3 atom stereocenters. The zero-order chi connectivity index (χ0) is 17.2. The van der Waals surface area contributed by atoms with E-state index in [2.05, 4.69) is 55.7 Å². The Morgan fingerprint density at radius 2 is 1.80 bits per heavy atom. The van der Waals surface area contributed by atoms with Gasteiger partial charge >= 0.3 is 0 Å². The van der Waals surface area contributed by atoms with Gasteiger partial charge in [-0.1, -0.05) is 51.1 Å². The molecule has 4 heteroatoms. The fourth-order valence-electron chi connectivity index (χ4n) is 4.72. The molecule has 3 unspecified atom stereocenters. The van der Waals surface area contributed by atoms with E-state index in [9.17, 15) is 4.79 Å². The first-order chi connectivity index (χ1) is 11.5. The molecule has 2 saturated heterocycles. The van der Waals surface area contributed by atoms with Crippen molar-refractivity contribution >= 4 is 18.3 Å². The molecule has 2 bridgehead atoms. The number of carbonyl (C=O) groups excluding carboxylic acids is 1. The standard InChI is InChI=1S/C21H32N2O.ClH/c1-4-19(21(2,3)16-8-6-5-7-9-16)23-20(24)14-15-12-17-10-11-18(13-15)22-17;/h5-9,15,17-19,22H,4,10-14H2,1-3H3,(H,23,24);1H. The quantitative estimate of drug-likeness (QED) is 0.794. The maximum Gasteiger partial charge on any atom is 0.220 e. The van der Waals surface area contributed by atoms with Crippen LogP contribution in [0.15, 0.2) is 30.3 Å². The van der Waals surface area contributed by atoms with E-state index in [4.69, 9.17) is 0 Å². The number of halogens is 1. The van der Waals surface area contributed by atoms with Crippen LogP contribution in [0.2, 0.25) is 0 Å². The Morgan fingerprint density at radius 3 is 2.36 bits per heavy atom. The smallest absolute Gasteiger partial charge is 0.220 e. The van der Waals surface area contributed by atoms with Gasteiger partial charge in [-0.25, -0.2) is 0 Å². The van der Waals surface area contributed by atoms with Crippen molar-refractivity contribution in [2.75, 3.05) is 0 Å². The molecule has 2 N–H and O–H groups in total. The van der Waals surface area contributed by atoms with Crippen molar-refractivity contribution in [1.29, 1.82) is 0 Å². The van der Waals surface area contributed by atoms with Crippen LogP contribution in [0.4, 0.5) is 0 Å². The lowest BCUT2D eigenvalue weighted by Crippen LogP contribution is -2.48. The van der Waals surface area contributed by atoms with Gasteiger partial charge in [-0.05, 0) is 43.6 Å². The summed E-state index contributed by atoms with van der Waals surface area (Å²) in [6.45, 7) is 6.64. The third-order valence-corrected chi connectivity index (χ3v) is 6.18. The lowest BCUT2D eigenvalue weighted by molar-refractivity contribution is -0.123. The van der Waals surface area contributed by atoms with Gasteiger partial charge in [-0.3, -0.25) is 4.79 Å². The van der Waals surface area contributed by atoms with Crippen molar-refractivity contribution in [2.45, 2.75) is 82.8 Å². The predicted molar refractivity (Wildman–Crippen MR) is 106 cm³/mol. The first kappa shape index (κ1) is 20.3. The van der Waals surface area contributed by atoms with Crippen molar-refractivity contribution in [2.24, 2.45) is 5.92 Å². The van der Waals surface area contributed by atoms with Gasteiger partial charge in [-0.15, -0.1) is 12.4 Å². The first-order valence-corrected chi connectivity index (χ1v) is 9.60. The van der Waals surface area contributed by atoms with Crippen LogP contribution in [0, 0.1) is 5.92 Å². The Kier molecular flexibility index (Phi) is 6.93. The van der Waals surface area contributed by atoms with E-state index in [-0.39, 0.29) is 29.8 Å². The minimum Gasteiger partial charge on any atom is -0.353 e. The minimum absolute atomic E-state index is 0. The molecule has 2 heterocycles. The van der Waals surface area contributed by atoms with Crippen LogP contribution >= 0.6 is 12.4 Å². The van der Waals surface area contributed by atoms with Gasteiger partial charge in [-0.2, -0.15) is 0 Å². The van der Waals surface area contributed by atoms with Crippen LogP contribution in [0.3, 0.4) is 0 Å². The third-order valence-electron chi connectivity index (χ3n) is 6.18. The Hall–Kier alpha value is -1.06. The number of fused-ring (bicyclic) bond motifs is 2. The molecule has 0 spiro atoms. The molecule has 2 fully saturated rings. The predicted octanol–water partition coefficient (Wildman–Crippen LogP) is 4.20. The highest BCUT2D eigenvalue weighted by Gasteiger charge is 2.35. The molecule has 2 aliphatic heterocycles. The summed E-state index contributed by atoms with van der Waals surface area (Å²) in [5.41, 5.74) is 1.23. The minimum atomic E-state index is -0.0567. The second-order valence-corrected chi connectivity index (χ2v) is 8.30. The van der Waals surface area contributed by atoms with Gasteiger partial charge in [0.25, 0.3) is 0 Å². The normalized spacial score (nSPS) is 26.6. The van der Waals surface area contributed by atoms with Crippen molar-refractivity contribution in [3.05, 3.63) is 35.9 Å². The number of rotatable bonds is 6. The summed E-state index contributed by atoms with van der Waals surface area (Å²) >= 11 is 0. The van der Waals surface area contributed by atoms with Crippen LogP contribution < -0.4 is 10.6 Å². The van der Waals surface area contributed by atoms with Gasteiger partial charge in [0.05, 0.1) is 0 Å². The Morgan fingerprint density at radius 1 is 1.20 bits per heavy atom. The molecule has 25 heavy (non-hydrogen) atoms. The molecule has 0 radical (unpaired) electrons. The first-order valence-electron chi connectivity index (χ1n) is 9.60. The monoisotopic (exact) mass is 364 g/mol. The van der Waals surface area contributed by atoms with E-state index in [1.165, 1.54) is 31.2 Å². The lowest BCUT2D eigenvalue weighted by Gasteiger charge is -2.36. The van der Waals surface area contributed by atoms with Crippen molar-refractivity contribution in [3.63, 3.8) is 0 Å². The molecule has 140 valence electrons. The summed E-state index contributed by atoms with van der Waals surface area (Å²) in [6, 6.07) is 12.0. The van der Waals surface area contributed by atoms with E-state index in [1.807, 2.05) is 6.07 Å². The van der Waals surface area contributed by atoms with Crippen molar-refractivity contribution in [3.8, 4) is 0 Å². The topological polar surface area (TPSA) is 41.1 Å². The molecule has 1 amide bonds. The van der Waals surface area contributed by atoms with Crippen LogP contribution in [0.5, 0.6) is 0 Å². The Balaban J connectivity index is 0.00000225. The molecule has 0 aromatic heterocycles. The highest BCUT2D eigenvalue weighted by Crippen LogP contribution is 2.33. The summed E-state index contributed by atoms with van der Waals surface area (Å²) in [5, 5.41) is 7.00. The van der Waals surface area contributed by atoms with Gasteiger partial charge in [0.15, 0.2) is 0 Å². The second-order valence-electron chi connectivity index (χ2n) is 8.30. The molecule has 0 saturated carbocycles. The molecular formula is C21H33ClN2O. The van der Waals surface area contributed by atoms with Crippen molar-refractivity contribution < 1.29 is 4.79 Å². The second kappa shape index (κ2) is 8.55. The molecule has 0 aliphatic carbocycles. The molecule has 3 rings (SSSR count). The zero-order valence-corrected chi connectivity index (χ0v) is 16.6. The fourth-order valence-corrected chi connectivity index (χ4v) is 4.72. The highest BCUT2D eigenvalue weighted by molar-refractivity contribution is 5.85. The van der Waals surface area contributed by atoms with Gasteiger partial charge in [0.1, 0.15) is 0 Å². The summed E-state index contributed by atoms with van der Waals surface area (Å²) < 4.78 is 0. The number of hydrogen-bond acceptors (Lipinski definition) is 2. The number of carbonyl (C=O) groups is 1. The molecule has 1 aromatic rings. The van der Waals surface area contributed by atoms with E-state index in [1.54, 1.807) is 0 Å². The zero-order valence-electron chi connectivity index (χ0n) is 15.8.